The molecule has 1 fully saturated rings. The monoisotopic (exact) mass is 416 g/mol. The van der Waals surface area contributed by atoms with Crippen molar-refractivity contribution in [3.63, 3.8) is 0 Å². The summed E-state index contributed by atoms with van der Waals surface area (Å²) in [5.74, 6) is 0.167. The molecule has 0 spiro atoms. The molecule has 0 aromatic heterocycles. The van der Waals surface area contributed by atoms with Crippen molar-refractivity contribution in [1.82, 2.24) is 0 Å². The summed E-state index contributed by atoms with van der Waals surface area (Å²) >= 11 is 0. The van der Waals surface area contributed by atoms with E-state index in [1.54, 1.807) is 25.3 Å². The van der Waals surface area contributed by atoms with Crippen LogP contribution in [0.3, 0.4) is 0 Å². The van der Waals surface area contributed by atoms with Crippen LogP contribution in [0.1, 0.15) is 36.5 Å². The van der Waals surface area contributed by atoms with Crippen LogP contribution in [0.25, 0.3) is 0 Å². The maximum Gasteiger partial charge on any atom is 0.249 e. The zero-order valence-electron chi connectivity index (χ0n) is 17.6. The average Bonchev–Trinajstić information content (AvgIpc) is 2.66. The Morgan fingerprint density at radius 1 is 1.10 bits per heavy atom. The second-order valence-corrected chi connectivity index (χ2v) is 10.1. The summed E-state index contributed by atoms with van der Waals surface area (Å²) in [6.07, 6.45) is 0.885. The lowest BCUT2D eigenvalue weighted by Crippen LogP contribution is -2.57. The van der Waals surface area contributed by atoms with Crippen LogP contribution >= 0.6 is 0 Å². The first-order chi connectivity index (χ1) is 13.6. The van der Waals surface area contributed by atoms with Crippen LogP contribution in [0.5, 0.6) is 5.75 Å². The number of carbonyl (C=O) groups excluding carboxylic acids is 1. The van der Waals surface area contributed by atoms with E-state index in [1.807, 2.05) is 39.0 Å². The standard InChI is InChI=1S/C22H28N2O4S/c1-15-8-6-9-16(2)20(15)24-13-7-12-22(4,29(24,26)27)21(25)23-19-11-10-18(28-5)14-17(19)3/h6,8-11,14H,7,12-13H2,1-5H3,(H,23,25). The molecule has 0 radical (unpaired) electrons. The van der Waals surface area contributed by atoms with E-state index in [4.69, 9.17) is 4.74 Å². The molecule has 1 N–H and O–H groups in total. The normalized spacial score (nSPS) is 20.9. The number of benzene rings is 2. The van der Waals surface area contributed by atoms with E-state index < -0.39 is 20.7 Å². The van der Waals surface area contributed by atoms with Crippen LogP contribution in [-0.2, 0) is 14.8 Å². The molecule has 3 rings (SSSR count). The molecule has 0 aliphatic carbocycles. The first kappa shape index (κ1) is 21.2. The van der Waals surface area contributed by atoms with Crippen molar-refractivity contribution in [3.05, 3.63) is 53.1 Å². The van der Waals surface area contributed by atoms with E-state index in [0.717, 1.165) is 16.7 Å². The molecule has 1 aliphatic rings. The summed E-state index contributed by atoms with van der Waals surface area (Å²) in [4.78, 5) is 13.2. The van der Waals surface area contributed by atoms with E-state index in [-0.39, 0.29) is 6.42 Å². The minimum atomic E-state index is -3.91. The third-order valence-corrected chi connectivity index (χ3v) is 8.20. The highest BCUT2D eigenvalue weighted by molar-refractivity contribution is 7.95. The molecule has 7 heteroatoms. The van der Waals surface area contributed by atoms with Crippen molar-refractivity contribution in [2.75, 3.05) is 23.3 Å². The Morgan fingerprint density at radius 2 is 1.76 bits per heavy atom. The molecule has 1 amide bonds. The van der Waals surface area contributed by atoms with E-state index in [0.29, 0.717) is 30.1 Å². The third-order valence-electron chi connectivity index (χ3n) is 5.73. The van der Waals surface area contributed by atoms with Crippen LogP contribution < -0.4 is 14.4 Å². The number of nitrogens with zero attached hydrogens (tertiary/aromatic N) is 1. The summed E-state index contributed by atoms with van der Waals surface area (Å²) in [5.41, 5.74) is 3.82. The van der Waals surface area contributed by atoms with Gasteiger partial charge < -0.3 is 10.1 Å². The highest BCUT2D eigenvalue weighted by Crippen LogP contribution is 2.39. The maximum atomic E-state index is 13.6. The maximum absolute atomic E-state index is 13.6. The highest BCUT2D eigenvalue weighted by Gasteiger charge is 2.52. The number of ether oxygens (including phenoxy) is 1. The molecule has 2 aromatic rings. The number of methoxy groups -OCH3 is 1. The Balaban J connectivity index is 1.97. The molecular weight excluding hydrogens is 388 g/mol. The Morgan fingerprint density at radius 3 is 2.34 bits per heavy atom. The quantitative estimate of drug-likeness (QED) is 0.819. The summed E-state index contributed by atoms with van der Waals surface area (Å²) < 4.78 is 32.3. The van der Waals surface area contributed by atoms with E-state index in [9.17, 15) is 13.2 Å². The summed E-state index contributed by atoms with van der Waals surface area (Å²) in [7, 11) is -2.34. The van der Waals surface area contributed by atoms with E-state index >= 15 is 0 Å². The summed E-state index contributed by atoms with van der Waals surface area (Å²) in [5, 5.41) is 2.83. The molecule has 156 valence electrons. The number of rotatable bonds is 4. The van der Waals surface area contributed by atoms with Crippen molar-refractivity contribution >= 4 is 27.3 Å². The van der Waals surface area contributed by atoms with Gasteiger partial charge in [0.2, 0.25) is 15.9 Å². The number of aryl methyl sites for hydroxylation is 3. The number of para-hydroxylation sites is 1. The molecule has 1 atom stereocenters. The van der Waals surface area contributed by atoms with Crippen LogP contribution in [0.15, 0.2) is 36.4 Å². The Hall–Kier alpha value is -2.54. The number of sulfonamides is 1. The van der Waals surface area contributed by atoms with Crippen LogP contribution in [0.2, 0.25) is 0 Å². The number of anilines is 2. The zero-order valence-corrected chi connectivity index (χ0v) is 18.4. The van der Waals surface area contributed by atoms with Gasteiger partial charge in [0.25, 0.3) is 0 Å². The number of carbonyl (C=O) groups is 1. The molecule has 29 heavy (non-hydrogen) atoms. The van der Waals surface area contributed by atoms with Crippen molar-refractivity contribution in [2.45, 2.75) is 45.3 Å². The van der Waals surface area contributed by atoms with Gasteiger partial charge in [0.1, 0.15) is 5.75 Å². The van der Waals surface area contributed by atoms with Crippen molar-refractivity contribution in [1.29, 1.82) is 0 Å². The van der Waals surface area contributed by atoms with Gasteiger partial charge >= 0.3 is 0 Å². The largest absolute Gasteiger partial charge is 0.497 e. The minimum absolute atomic E-state index is 0.276. The van der Waals surface area contributed by atoms with E-state index in [2.05, 4.69) is 5.32 Å². The van der Waals surface area contributed by atoms with Gasteiger partial charge in [-0.3, -0.25) is 9.10 Å². The lowest BCUT2D eigenvalue weighted by Gasteiger charge is -2.40. The van der Waals surface area contributed by atoms with Gasteiger partial charge in [-0.25, -0.2) is 8.42 Å². The molecule has 1 saturated heterocycles. The predicted molar refractivity (Wildman–Crippen MR) is 116 cm³/mol. The van der Waals surface area contributed by atoms with Gasteiger partial charge in [-0.2, -0.15) is 0 Å². The first-order valence-corrected chi connectivity index (χ1v) is 11.1. The fourth-order valence-electron chi connectivity index (χ4n) is 3.87. The Labute approximate surface area is 172 Å². The second-order valence-electron chi connectivity index (χ2n) is 7.79. The summed E-state index contributed by atoms with van der Waals surface area (Å²) in [6.45, 7) is 7.53. The molecule has 1 heterocycles. The van der Waals surface area contributed by atoms with Gasteiger partial charge in [-0.15, -0.1) is 0 Å². The number of nitrogens with one attached hydrogen (secondary N) is 1. The molecule has 0 saturated carbocycles. The van der Waals surface area contributed by atoms with Crippen LogP contribution in [0, 0.1) is 20.8 Å². The fraction of sp³-hybridized carbons (Fsp3) is 0.409. The second kappa shape index (κ2) is 7.71. The van der Waals surface area contributed by atoms with Crippen molar-refractivity contribution < 1.29 is 17.9 Å². The third kappa shape index (κ3) is 3.59. The molecular formula is C22H28N2O4S. The van der Waals surface area contributed by atoms with Gasteiger partial charge in [-0.05, 0) is 75.4 Å². The van der Waals surface area contributed by atoms with Crippen LogP contribution in [-0.4, -0.2) is 32.7 Å². The molecule has 0 bridgehead atoms. The SMILES string of the molecule is COc1ccc(NC(=O)C2(C)CCCN(c3c(C)cccc3C)S2(=O)=O)c(C)c1. The summed E-state index contributed by atoms with van der Waals surface area (Å²) in [6, 6.07) is 11.0. The predicted octanol–water partition coefficient (Wildman–Crippen LogP) is 3.95. The van der Waals surface area contributed by atoms with Gasteiger partial charge in [0, 0.05) is 12.2 Å². The fourth-order valence-corrected chi connectivity index (χ4v) is 5.94. The molecule has 2 aromatic carbocycles. The van der Waals surface area contributed by atoms with Gasteiger partial charge in [0.05, 0.1) is 12.8 Å². The van der Waals surface area contributed by atoms with Gasteiger partial charge in [-0.1, -0.05) is 18.2 Å². The Kier molecular flexibility index (Phi) is 5.63. The molecule has 1 unspecified atom stereocenters. The number of hydrogen-bond donors (Lipinski definition) is 1. The van der Waals surface area contributed by atoms with Gasteiger partial charge in [0.15, 0.2) is 4.75 Å². The molecule has 6 nitrogen and oxygen atoms in total. The number of hydrogen-bond acceptors (Lipinski definition) is 4. The average molecular weight is 417 g/mol. The number of amides is 1. The lowest BCUT2D eigenvalue weighted by molar-refractivity contribution is -0.118. The zero-order chi connectivity index (χ0) is 21.4. The highest BCUT2D eigenvalue weighted by atomic mass is 32.2. The lowest BCUT2D eigenvalue weighted by atomic mass is 10.0. The van der Waals surface area contributed by atoms with Crippen molar-refractivity contribution in [3.8, 4) is 5.75 Å². The topological polar surface area (TPSA) is 75.7 Å². The smallest absolute Gasteiger partial charge is 0.249 e. The van der Waals surface area contributed by atoms with Crippen molar-refractivity contribution in [2.24, 2.45) is 0 Å². The Bertz CT molecular complexity index is 1030. The minimum Gasteiger partial charge on any atom is -0.497 e. The molecule has 1 aliphatic heterocycles. The van der Waals surface area contributed by atoms with E-state index in [1.165, 1.54) is 11.2 Å². The van der Waals surface area contributed by atoms with Crippen LogP contribution in [0.4, 0.5) is 11.4 Å². The first-order valence-electron chi connectivity index (χ1n) is 9.66.